The number of ether oxygens (including phenoxy) is 1. The third kappa shape index (κ3) is 5.83. The average molecular weight is 565 g/mol. The number of hydroxylamine groups is 2. The molecule has 1 aliphatic rings. The Morgan fingerprint density at radius 1 is 1.26 bits per heavy atom. The highest BCUT2D eigenvalue weighted by atomic mass is 32.3. The van der Waals surface area contributed by atoms with Crippen LogP contribution in [0.3, 0.4) is 0 Å². The first-order valence-electron chi connectivity index (χ1n) is 11.1. The fraction of sp³-hybridized carbons (Fsp3) is 0.318. The lowest BCUT2D eigenvalue weighted by atomic mass is 9.74. The van der Waals surface area contributed by atoms with E-state index in [1.54, 1.807) is 30.5 Å². The molecule has 1 unspecified atom stereocenters. The highest BCUT2D eigenvalue weighted by molar-refractivity contribution is 7.80. The van der Waals surface area contributed by atoms with Crippen LogP contribution in [0.5, 0.6) is 5.75 Å². The number of β-lactam (4-membered cyclic amide) rings is 1. The van der Waals surface area contributed by atoms with Gasteiger partial charge in [0.15, 0.2) is 23.2 Å². The number of nitrogens with zero attached hydrogens (tertiary/aromatic N) is 4. The lowest BCUT2D eigenvalue weighted by Gasteiger charge is -2.50. The van der Waals surface area contributed by atoms with Crippen molar-refractivity contribution in [1.82, 2.24) is 15.0 Å². The molecule has 38 heavy (non-hydrogen) atoms. The zero-order valence-electron chi connectivity index (χ0n) is 20.2. The number of rotatable bonds is 11. The van der Waals surface area contributed by atoms with E-state index in [1.165, 1.54) is 19.2 Å². The molecule has 0 bridgehead atoms. The maximum Gasteiger partial charge on any atom is 0.418 e. The minimum absolute atomic E-state index is 0.0171. The van der Waals surface area contributed by atoms with Crippen LogP contribution >= 0.6 is 11.3 Å². The van der Waals surface area contributed by atoms with Crippen molar-refractivity contribution in [3.8, 4) is 5.75 Å². The van der Waals surface area contributed by atoms with Crippen LogP contribution in [0, 0.1) is 5.92 Å². The summed E-state index contributed by atoms with van der Waals surface area (Å²) in [5.41, 5.74) is 10.3. The fourth-order valence-corrected chi connectivity index (χ4v) is 4.86. The van der Waals surface area contributed by atoms with Crippen molar-refractivity contribution < 1.29 is 36.4 Å². The first-order chi connectivity index (χ1) is 17.9. The van der Waals surface area contributed by atoms with E-state index < -0.39 is 33.5 Å². The van der Waals surface area contributed by atoms with E-state index in [1.807, 2.05) is 0 Å². The van der Waals surface area contributed by atoms with Crippen LogP contribution in [0.4, 0.5) is 10.9 Å². The summed E-state index contributed by atoms with van der Waals surface area (Å²) in [6.07, 6.45) is 1.25. The Morgan fingerprint density at radius 3 is 2.68 bits per heavy atom. The largest absolute Gasteiger partial charge is 0.490 e. The molecule has 14 nitrogen and oxygen atoms in total. The van der Waals surface area contributed by atoms with Crippen molar-refractivity contribution in [3.63, 3.8) is 0 Å². The number of amides is 1. The van der Waals surface area contributed by atoms with Crippen molar-refractivity contribution in [2.75, 3.05) is 24.7 Å². The van der Waals surface area contributed by atoms with Gasteiger partial charge >= 0.3 is 10.4 Å². The number of ketones is 1. The third-order valence-corrected chi connectivity index (χ3v) is 6.84. The van der Waals surface area contributed by atoms with E-state index in [4.69, 9.17) is 25.6 Å². The monoisotopic (exact) mass is 564 g/mol. The summed E-state index contributed by atoms with van der Waals surface area (Å²) < 4.78 is 40.9. The van der Waals surface area contributed by atoms with Gasteiger partial charge < -0.3 is 21.0 Å². The number of carbonyl (C=O) groups is 2. The van der Waals surface area contributed by atoms with E-state index >= 15 is 0 Å². The van der Waals surface area contributed by atoms with Gasteiger partial charge in [0.1, 0.15) is 23.9 Å². The molecular weight excluding hydrogens is 540 g/mol. The number of aromatic nitrogens is 2. The molecule has 3 heterocycles. The van der Waals surface area contributed by atoms with E-state index in [-0.39, 0.29) is 36.2 Å². The van der Waals surface area contributed by atoms with Crippen molar-refractivity contribution >= 4 is 60.9 Å². The Morgan fingerprint density at radius 2 is 2.03 bits per heavy atom. The predicted octanol–water partition coefficient (Wildman–Crippen LogP) is 1.59. The Hall–Kier alpha value is -3.86. The zero-order valence-corrected chi connectivity index (χ0v) is 21.9. The molecule has 1 amide bonds. The Bertz CT molecular complexity index is 1520. The van der Waals surface area contributed by atoms with Gasteiger partial charge in [-0.05, 0) is 43.5 Å². The Kier molecular flexibility index (Phi) is 7.50. The number of nitrogens with two attached hydrogens (primary N) is 2. The second kappa shape index (κ2) is 10.5. The number of benzene rings is 1. The van der Waals surface area contributed by atoms with E-state index in [0.29, 0.717) is 16.6 Å². The Balaban J connectivity index is 1.40. The predicted molar refractivity (Wildman–Crippen MR) is 137 cm³/mol. The molecule has 16 heteroatoms. The number of nitrogen functional groups attached to an aromatic ring is 2. The summed E-state index contributed by atoms with van der Waals surface area (Å²) >= 11 is 1.09. The van der Waals surface area contributed by atoms with Crippen LogP contribution in [0.1, 0.15) is 26.0 Å². The van der Waals surface area contributed by atoms with Crippen molar-refractivity contribution in [3.05, 3.63) is 41.5 Å². The maximum absolute atomic E-state index is 13.1. The quantitative estimate of drug-likeness (QED) is 0.0996. The van der Waals surface area contributed by atoms with Crippen LogP contribution in [0.15, 0.2) is 41.0 Å². The van der Waals surface area contributed by atoms with Crippen LogP contribution < -0.4 is 16.2 Å². The normalized spacial score (nSPS) is 17.3. The van der Waals surface area contributed by atoms with Gasteiger partial charge in [0, 0.05) is 23.4 Å². The number of oxime groups is 1. The van der Waals surface area contributed by atoms with Gasteiger partial charge in [-0.25, -0.2) is 9.97 Å². The molecule has 0 radical (unpaired) electrons. The molecule has 4 rings (SSSR count). The van der Waals surface area contributed by atoms with E-state index in [9.17, 15) is 18.0 Å². The summed E-state index contributed by atoms with van der Waals surface area (Å²) in [7, 11) is -4.91. The first-order valence-corrected chi connectivity index (χ1v) is 13.3. The molecule has 3 aromatic rings. The highest BCUT2D eigenvalue weighted by Crippen LogP contribution is 2.40. The van der Waals surface area contributed by atoms with Gasteiger partial charge in [-0.1, -0.05) is 5.16 Å². The fourth-order valence-electron chi connectivity index (χ4n) is 3.86. The van der Waals surface area contributed by atoms with Crippen LogP contribution in [-0.2, 0) is 29.1 Å². The number of Topliss-reactive ketones (excluding diaryl/α,β-unsaturated/α-hetero) is 1. The van der Waals surface area contributed by atoms with Crippen molar-refractivity contribution in [1.29, 1.82) is 0 Å². The minimum Gasteiger partial charge on any atom is -0.490 e. The highest BCUT2D eigenvalue weighted by Gasteiger charge is 2.57. The molecule has 1 aromatic carbocycles. The maximum atomic E-state index is 13.1. The van der Waals surface area contributed by atoms with Gasteiger partial charge in [-0.3, -0.25) is 14.1 Å². The standard InChI is InChI=1S/C22H24N6O8S2/c1-22(2)15(20(30)28(22)36-38(31,32)33)10-17(29)18(16-11-37-21(24)26-16)27-35-8-7-34-13-3-4-14-12(9-13)5-6-25-19(14)23/h3-6,9,11,15H,7-8,10H2,1-2H3,(H2,23,25)(H2,24,26)(H,31,32,33)/b27-18-. The second-order valence-corrected chi connectivity index (χ2v) is 10.6. The number of fused-ring (bicyclic) bond motifs is 1. The van der Waals surface area contributed by atoms with E-state index in [0.717, 1.165) is 22.1 Å². The summed E-state index contributed by atoms with van der Waals surface area (Å²) in [4.78, 5) is 39.0. The van der Waals surface area contributed by atoms with Crippen LogP contribution in [-0.4, -0.2) is 64.2 Å². The van der Waals surface area contributed by atoms with Gasteiger partial charge in [0.25, 0.3) is 5.91 Å². The average Bonchev–Trinajstić information content (AvgIpc) is 3.28. The number of hydrogen-bond donors (Lipinski definition) is 3. The summed E-state index contributed by atoms with van der Waals surface area (Å²) in [6, 6.07) is 7.14. The zero-order chi connectivity index (χ0) is 27.7. The van der Waals surface area contributed by atoms with Crippen LogP contribution in [0.2, 0.25) is 0 Å². The van der Waals surface area contributed by atoms with Gasteiger partial charge in [-0.2, -0.15) is 13.5 Å². The Labute approximate surface area is 221 Å². The molecule has 0 spiro atoms. The third-order valence-electron chi connectivity index (χ3n) is 5.83. The van der Waals surface area contributed by atoms with Crippen molar-refractivity contribution in [2.24, 2.45) is 11.1 Å². The molecule has 2 aromatic heterocycles. The van der Waals surface area contributed by atoms with Gasteiger partial charge in [0.2, 0.25) is 0 Å². The minimum atomic E-state index is -4.91. The molecule has 0 saturated carbocycles. The SMILES string of the molecule is CC1(C)C(CC(=O)/C(=N\OCCOc2ccc3c(N)nccc3c2)c2csc(N)n2)C(=O)N1OS(=O)(=O)O. The summed E-state index contributed by atoms with van der Waals surface area (Å²) in [6.45, 7) is 3.06. The second-order valence-electron chi connectivity index (χ2n) is 8.74. The molecule has 1 fully saturated rings. The summed E-state index contributed by atoms with van der Waals surface area (Å²) in [5.74, 6) is -1.34. The number of thiazole rings is 1. The lowest BCUT2D eigenvalue weighted by Crippen LogP contribution is -2.68. The molecule has 1 saturated heterocycles. The topological polar surface area (TPSA) is 210 Å². The summed E-state index contributed by atoms with van der Waals surface area (Å²) in [5, 5.41) is 7.80. The number of pyridine rings is 1. The molecule has 5 N–H and O–H groups in total. The smallest absolute Gasteiger partial charge is 0.418 e. The van der Waals surface area contributed by atoms with Gasteiger partial charge in [0.05, 0.1) is 11.5 Å². The molecule has 202 valence electrons. The van der Waals surface area contributed by atoms with Gasteiger partial charge in [-0.15, -0.1) is 15.6 Å². The van der Waals surface area contributed by atoms with Crippen molar-refractivity contribution in [2.45, 2.75) is 25.8 Å². The molecule has 1 aliphatic heterocycles. The number of carbonyl (C=O) groups excluding carboxylic acids is 2. The number of hydrogen-bond acceptors (Lipinski definition) is 13. The first kappa shape index (κ1) is 27.2. The van der Waals surface area contributed by atoms with Crippen LogP contribution in [0.25, 0.3) is 10.8 Å². The number of anilines is 2. The molecule has 0 aliphatic carbocycles. The molecular formula is C22H24N6O8S2. The lowest BCUT2D eigenvalue weighted by molar-refractivity contribution is -0.228. The molecule has 1 atom stereocenters. The van der Waals surface area contributed by atoms with E-state index in [2.05, 4.69) is 19.4 Å².